The summed E-state index contributed by atoms with van der Waals surface area (Å²) in [6.45, 7) is 8.77. The first kappa shape index (κ1) is 14.4. The summed E-state index contributed by atoms with van der Waals surface area (Å²) in [5, 5.41) is 3.00. The fourth-order valence-electron chi connectivity index (χ4n) is 2.33. The second-order valence-corrected chi connectivity index (χ2v) is 6.84. The summed E-state index contributed by atoms with van der Waals surface area (Å²) in [6, 6.07) is 0. The van der Waals surface area contributed by atoms with Crippen LogP contribution in [0.3, 0.4) is 0 Å². The van der Waals surface area contributed by atoms with Crippen molar-refractivity contribution in [1.82, 2.24) is 5.32 Å². The van der Waals surface area contributed by atoms with Crippen LogP contribution in [0.1, 0.15) is 47.0 Å². The third-order valence-corrected chi connectivity index (χ3v) is 4.50. The van der Waals surface area contributed by atoms with Crippen molar-refractivity contribution in [3.8, 4) is 0 Å². The number of nitrogens with one attached hydrogen (secondary N) is 1. The molecule has 4 heteroatoms. The van der Waals surface area contributed by atoms with E-state index in [1.807, 2.05) is 13.8 Å². The molecule has 3 N–H and O–H groups in total. The van der Waals surface area contributed by atoms with Gasteiger partial charge in [-0.05, 0) is 18.3 Å². The smallest absolute Gasteiger partial charge is 0.223 e. The van der Waals surface area contributed by atoms with E-state index in [0.29, 0.717) is 11.5 Å². The first-order valence-electron chi connectivity index (χ1n) is 6.24. The Morgan fingerprint density at radius 3 is 2.53 bits per heavy atom. The van der Waals surface area contributed by atoms with Crippen molar-refractivity contribution in [1.29, 1.82) is 0 Å². The highest BCUT2D eigenvalue weighted by Crippen LogP contribution is 2.42. The minimum absolute atomic E-state index is 0.122. The highest BCUT2D eigenvalue weighted by molar-refractivity contribution is 7.80. The Balaban J connectivity index is 2.54. The van der Waals surface area contributed by atoms with Gasteiger partial charge in [-0.2, -0.15) is 0 Å². The van der Waals surface area contributed by atoms with Crippen LogP contribution in [0, 0.1) is 16.7 Å². The molecule has 0 bridgehead atoms. The van der Waals surface area contributed by atoms with E-state index in [0.717, 1.165) is 19.3 Å². The number of amides is 1. The molecule has 17 heavy (non-hydrogen) atoms. The summed E-state index contributed by atoms with van der Waals surface area (Å²) in [7, 11) is 0. The lowest BCUT2D eigenvalue weighted by Gasteiger charge is -2.29. The minimum atomic E-state index is -0.312. The van der Waals surface area contributed by atoms with Crippen molar-refractivity contribution < 1.29 is 4.79 Å². The summed E-state index contributed by atoms with van der Waals surface area (Å²) < 4.78 is 0. The molecule has 0 saturated heterocycles. The lowest BCUT2D eigenvalue weighted by Crippen LogP contribution is -2.44. The van der Waals surface area contributed by atoms with Crippen molar-refractivity contribution in [2.45, 2.75) is 47.0 Å². The third-order valence-electron chi connectivity index (χ3n) is 3.95. The lowest BCUT2D eigenvalue weighted by atomic mass is 9.81. The molecule has 0 aromatic heterocycles. The van der Waals surface area contributed by atoms with Crippen molar-refractivity contribution in [3.05, 3.63) is 0 Å². The monoisotopic (exact) mass is 256 g/mol. The number of thiocarbonyl (C=S) groups is 1. The lowest BCUT2D eigenvalue weighted by molar-refractivity contribution is -0.127. The maximum absolute atomic E-state index is 12.1. The second kappa shape index (κ2) is 4.92. The highest BCUT2D eigenvalue weighted by atomic mass is 32.1. The molecule has 3 nitrogen and oxygen atoms in total. The molecule has 1 rings (SSSR count). The predicted octanol–water partition coefficient (Wildman–Crippen LogP) is 2.24. The zero-order chi connectivity index (χ0) is 13.3. The number of carbonyl (C=O) groups excluding carboxylic acids is 1. The molecule has 0 spiro atoms. The summed E-state index contributed by atoms with van der Waals surface area (Å²) in [5.41, 5.74) is 5.45. The number of nitrogens with two attached hydrogens (primary N) is 1. The van der Waals surface area contributed by atoms with E-state index in [2.05, 4.69) is 19.2 Å². The average Bonchev–Trinajstić information content (AvgIpc) is 2.54. The van der Waals surface area contributed by atoms with E-state index in [-0.39, 0.29) is 22.7 Å². The van der Waals surface area contributed by atoms with Crippen LogP contribution in [0.2, 0.25) is 0 Å². The van der Waals surface area contributed by atoms with E-state index < -0.39 is 0 Å². The maximum atomic E-state index is 12.1. The summed E-state index contributed by atoms with van der Waals surface area (Å²) in [4.78, 5) is 12.6. The Kier molecular flexibility index (Phi) is 4.18. The van der Waals surface area contributed by atoms with Gasteiger partial charge in [0.2, 0.25) is 5.91 Å². The molecule has 0 aromatic rings. The second-order valence-electron chi connectivity index (χ2n) is 6.40. The molecule has 1 aliphatic rings. The Morgan fingerprint density at radius 2 is 2.12 bits per heavy atom. The van der Waals surface area contributed by atoms with Crippen LogP contribution >= 0.6 is 12.2 Å². The Bertz CT molecular complexity index is 323. The highest BCUT2D eigenvalue weighted by Gasteiger charge is 2.39. The van der Waals surface area contributed by atoms with E-state index in [9.17, 15) is 4.79 Å². The van der Waals surface area contributed by atoms with Gasteiger partial charge >= 0.3 is 0 Å². The van der Waals surface area contributed by atoms with E-state index in [1.165, 1.54) is 0 Å². The predicted molar refractivity (Wildman–Crippen MR) is 74.7 cm³/mol. The van der Waals surface area contributed by atoms with Gasteiger partial charge in [-0.3, -0.25) is 4.79 Å². The Labute approximate surface area is 110 Å². The van der Waals surface area contributed by atoms with Crippen LogP contribution in [0.15, 0.2) is 0 Å². The van der Waals surface area contributed by atoms with Crippen molar-refractivity contribution in [2.75, 3.05) is 6.54 Å². The van der Waals surface area contributed by atoms with E-state index in [1.54, 1.807) is 0 Å². The average molecular weight is 256 g/mol. The van der Waals surface area contributed by atoms with Gasteiger partial charge in [-0.1, -0.05) is 46.3 Å². The molecule has 0 aromatic carbocycles. The van der Waals surface area contributed by atoms with E-state index >= 15 is 0 Å². The van der Waals surface area contributed by atoms with Crippen LogP contribution in [-0.4, -0.2) is 17.4 Å². The fourth-order valence-corrected chi connectivity index (χ4v) is 2.40. The summed E-state index contributed by atoms with van der Waals surface area (Å²) in [5.74, 6) is 0.279. The summed E-state index contributed by atoms with van der Waals surface area (Å²) >= 11 is 4.99. The topological polar surface area (TPSA) is 55.1 Å². The molecule has 98 valence electrons. The zero-order valence-corrected chi connectivity index (χ0v) is 12.1. The number of carbonyl (C=O) groups is 1. The maximum Gasteiger partial charge on any atom is 0.223 e. The minimum Gasteiger partial charge on any atom is -0.393 e. The summed E-state index contributed by atoms with van der Waals surface area (Å²) in [6.07, 6.45) is 3.26. The Hall–Kier alpha value is -0.640. The molecular formula is C13H24N2OS. The van der Waals surface area contributed by atoms with Gasteiger partial charge in [0.25, 0.3) is 0 Å². The van der Waals surface area contributed by atoms with Gasteiger partial charge in [-0.15, -0.1) is 0 Å². The largest absolute Gasteiger partial charge is 0.393 e. The normalized spacial score (nSPS) is 23.4. The van der Waals surface area contributed by atoms with Gasteiger partial charge in [0.15, 0.2) is 0 Å². The Morgan fingerprint density at radius 1 is 1.53 bits per heavy atom. The van der Waals surface area contributed by atoms with Gasteiger partial charge < -0.3 is 11.1 Å². The molecule has 1 aliphatic carbocycles. The first-order valence-corrected chi connectivity index (χ1v) is 6.65. The van der Waals surface area contributed by atoms with Crippen LogP contribution in [0.25, 0.3) is 0 Å². The zero-order valence-electron chi connectivity index (χ0n) is 11.3. The molecular weight excluding hydrogens is 232 g/mol. The molecule has 1 saturated carbocycles. The van der Waals surface area contributed by atoms with Crippen LogP contribution < -0.4 is 11.1 Å². The molecule has 1 amide bonds. The van der Waals surface area contributed by atoms with Gasteiger partial charge in [0, 0.05) is 17.9 Å². The molecule has 0 aliphatic heterocycles. The number of rotatable bonds is 4. The number of hydrogen-bond donors (Lipinski definition) is 2. The van der Waals surface area contributed by atoms with Crippen LogP contribution in [-0.2, 0) is 4.79 Å². The van der Waals surface area contributed by atoms with Crippen molar-refractivity contribution in [3.63, 3.8) is 0 Å². The van der Waals surface area contributed by atoms with Gasteiger partial charge in [0.05, 0.1) is 4.99 Å². The molecule has 1 unspecified atom stereocenters. The standard InChI is InChI=1S/C13H24N2OS/c1-12(2)7-5-6-9(12)10(16)15-8-13(3,4)11(14)17/h9H,5-8H2,1-4H3,(H2,14,17)(H,15,16). The third kappa shape index (κ3) is 3.41. The van der Waals surface area contributed by atoms with Gasteiger partial charge in [0.1, 0.15) is 0 Å². The molecule has 0 radical (unpaired) electrons. The molecule has 1 atom stereocenters. The quantitative estimate of drug-likeness (QED) is 0.759. The van der Waals surface area contributed by atoms with Crippen LogP contribution in [0.5, 0.6) is 0 Å². The molecule has 0 heterocycles. The van der Waals surface area contributed by atoms with Crippen molar-refractivity contribution in [2.24, 2.45) is 22.5 Å². The van der Waals surface area contributed by atoms with Gasteiger partial charge in [-0.25, -0.2) is 0 Å². The van der Waals surface area contributed by atoms with Crippen molar-refractivity contribution >= 4 is 23.1 Å². The SMILES string of the molecule is CC(C)(CNC(=O)C1CCCC1(C)C)C(N)=S. The fraction of sp³-hybridized carbons (Fsp3) is 0.846. The first-order chi connectivity index (χ1) is 7.67. The van der Waals surface area contributed by atoms with E-state index in [4.69, 9.17) is 18.0 Å². The molecule has 1 fully saturated rings. The van der Waals surface area contributed by atoms with Crippen LogP contribution in [0.4, 0.5) is 0 Å². The number of hydrogen-bond acceptors (Lipinski definition) is 2.